The summed E-state index contributed by atoms with van der Waals surface area (Å²) in [6.45, 7) is 3.20. The Labute approximate surface area is 159 Å². The topological polar surface area (TPSA) is 67.9 Å². The van der Waals surface area contributed by atoms with Crippen LogP contribution in [-0.2, 0) is 4.79 Å². The van der Waals surface area contributed by atoms with Crippen molar-refractivity contribution in [3.05, 3.63) is 54.1 Å². The van der Waals surface area contributed by atoms with Crippen LogP contribution in [0.3, 0.4) is 0 Å². The van der Waals surface area contributed by atoms with E-state index in [2.05, 4.69) is 5.32 Å². The SMILES string of the molecule is COc1ccc(O[C@H](C)C(=O)Nc2ccccc2C(=O)N2CCCC2)cc1. The molecule has 1 aliphatic rings. The molecule has 1 atom stereocenters. The predicted molar refractivity (Wildman–Crippen MR) is 103 cm³/mol. The highest BCUT2D eigenvalue weighted by molar-refractivity contribution is 6.04. The standard InChI is InChI=1S/C21H24N2O4/c1-15(27-17-11-9-16(26-2)10-12-17)20(24)22-19-8-4-3-7-18(19)21(25)23-13-5-6-14-23/h3-4,7-12,15H,5-6,13-14H2,1-2H3,(H,22,24)/t15-/m1/s1. The number of carbonyl (C=O) groups excluding carboxylic acids is 2. The normalized spacial score (nSPS) is 14.5. The molecule has 1 fully saturated rings. The quantitative estimate of drug-likeness (QED) is 0.849. The molecule has 0 spiro atoms. The van der Waals surface area contributed by atoms with Gasteiger partial charge in [0.1, 0.15) is 11.5 Å². The number of carbonyl (C=O) groups is 2. The number of methoxy groups -OCH3 is 1. The van der Waals surface area contributed by atoms with Gasteiger partial charge in [0.05, 0.1) is 18.4 Å². The largest absolute Gasteiger partial charge is 0.497 e. The highest BCUT2D eigenvalue weighted by atomic mass is 16.5. The van der Waals surface area contributed by atoms with Gasteiger partial charge in [-0.05, 0) is 56.2 Å². The van der Waals surface area contributed by atoms with Gasteiger partial charge in [-0.3, -0.25) is 9.59 Å². The van der Waals surface area contributed by atoms with Crippen LogP contribution in [0.2, 0.25) is 0 Å². The summed E-state index contributed by atoms with van der Waals surface area (Å²) in [5.41, 5.74) is 1.01. The molecular weight excluding hydrogens is 344 g/mol. The van der Waals surface area contributed by atoms with Gasteiger partial charge in [-0.1, -0.05) is 12.1 Å². The predicted octanol–water partition coefficient (Wildman–Crippen LogP) is 3.34. The van der Waals surface area contributed by atoms with Crippen molar-refractivity contribution < 1.29 is 19.1 Å². The maximum atomic E-state index is 12.7. The first-order valence-electron chi connectivity index (χ1n) is 9.08. The second kappa shape index (κ2) is 8.58. The number of amides is 2. The first kappa shape index (κ1) is 18.8. The molecule has 0 saturated carbocycles. The first-order chi connectivity index (χ1) is 13.1. The fourth-order valence-corrected chi connectivity index (χ4v) is 3.02. The van der Waals surface area contributed by atoms with E-state index in [1.807, 2.05) is 4.90 Å². The summed E-state index contributed by atoms with van der Waals surface area (Å²) in [5, 5.41) is 2.82. The van der Waals surface area contributed by atoms with Crippen molar-refractivity contribution in [2.75, 3.05) is 25.5 Å². The lowest BCUT2D eigenvalue weighted by Gasteiger charge is -2.19. The van der Waals surface area contributed by atoms with E-state index >= 15 is 0 Å². The molecule has 1 N–H and O–H groups in total. The Kier molecular flexibility index (Phi) is 5.96. The van der Waals surface area contributed by atoms with Crippen molar-refractivity contribution in [1.82, 2.24) is 4.90 Å². The molecule has 2 aromatic carbocycles. The van der Waals surface area contributed by atoms with Crippen LogP contribution in [0.4, 0.5) is 5.69 Å². The van der Waals surface area contributed by atoms with Crippen molar-refractivity contribution >= 4 is 17.5 Å². The minimum Gasteiger partial charge on any atom is -0.497 e. The number of likely N-dealkylation sites (tertiary alicyclic amines) is 1. The van der Waals surface area contributed by atoms with Crippen LogP contribution in [0.15, 0.2) is 48.5 Å². The zero-order valence-electron chi connectivity index (χ0n) is 15.6. The first-order valence-corrected chi connectivity index (χ1v) is 9.08. The van der Waals surface area contributed by atoms with E-state index in [1.54, 1.807) is 62.6 Å². The number of nitrogens with one attached hydrogen (secondary N) is 1. The maximum Gasteiger partial charge on any atom is 0.265 e. The Morgan fingerprint density at radius 3 is 2.30 bits per heavy atom. The molecule has 1 aliphatic heterocycles. The van der Waals surface area contributed by atoms with Gasteiger partial charge in [0.2, 0.25) is 0 Å². The van der Waals surface area contributed by atoms with Crippen molar-refractivity contribution in [2.24, 2.45) is 0 Å². The number of nitrogens with zero attached hydrogens (tertiary/aromatic N) is 1. The van der Waals surface area contributed by atoms with Gasteiger partial charge in [-0.2, -0.15) is 0 Å². The second-order valence-electron chi connectivity index (χ2n) is 6.47. The van der Waals surface area contributed by atoms with E-state index < -0.39 is 6.10 Å². The molecule has 1 heterocycles. The summed E-state index contributed by atoms with van der Waals surface area (Å²) in [6, 6.07) is 14.1. The zero-order valence-corrected chi connectivity index (χ0v) is 15.6. The molecule has 142 valence electrons. The van der Waals surface area contributed by atoms with Crippen molar-refractivity contribution in [3.8, 4) is 11.5 Å². The molecule has 0 aromatic heterocycles. The minimum atomic E-state index is -0.715. The van der Waals surface area contributed by atoms with Gasteiger partial charge >= 0.3 is 0 Å². The van der Waals surface area contributed by atoms with E-state index in [1.165, 1.54) is 0 Å². The molecule has 0 unspecified atom stereocenters. The summed E-state index contributed by atoms with van der Waals surface area (Å²) >= 11 is 0. The highest BCUT2D eigenvalue weighted by Crippen LogP contribution is 2.22. The van der Waals surface area contributed by atoms with Gasteiger partial charge in [0, 0.05) is 13.1 Å². The lowest BCUT2D eigenvalue weighted by molar-refractivity contribution is -0.122. The van der Waals surface area contributed by atoms with Gasteiger partial charge in [-0.15, -0.1) is 0 Å². The summed E-state index contributed by atoms with van der Waals surface area (Å²) < 4.78 is 10.8. The van der Waals surface area contributed by atoms with E-state index in [-0.39, 0.29) is 11.8 Å². The monoisotopic (exact) mass is 368 g/mol. The van der Waals surface area contributed by atoms with Crippen molar-refractivity contribution in [2.45, 2.75) is 25.9 Å². The Balaban J connectivity index is 1.67. The van der Waals surface area contributed by atoms with Gasteiger partial charge in [0.15, 0.2) is 6.10 Å². The molecule has 2 amide bonds. The maximum absolute atomic E-state index is 12.7. The Hall–Kier alpha value is -3.02. The fourth-order valence-electron chi connectivity index (χ4n) is 3.02. The smallest absolute Gasteiger partial charge is 0.265 e. The van der Waals surface area contributed by atoms with Crippen molar-refractivity contribution in [1.29, 1.82) is 0 Å². The molecule has 6 nitrogen and oxygen atoms in total. The second-order valence-corrected chi connectivity index (χ2v) is 6.47. The number of anilines is 1. The number of rotatable bonds is 6. The number of benzene rings is 2. The Bertz CT molecular complexity index is 798. The average Bonchev–Trinajstić information content (AvgIpc) is 3.23. The number of hydrogen-bond donors (Lipinski definition) is 1. The van der Waals surface area contributed by atoms with Crippen LogP contribution >= 0.6 is 0 Å². The molecule has 0 radical (unpaired) electrons. The molecule has 27 heavy (non-hydrogen) atoms. The number of ether oxygens (including phenoxy) is 2. The van der Waals surface area contributed by atoms with Crippen LogP contribution in [0.25, 0.3) is 0 Å². The third-order valence-corrected chi connectivity index (χ3v) is 4.55. The molecule has 1 saturated heterocycles. The van der Waals surface area contributed by atoms with E-state index in [0.29, 0.717) is 22.7 Å². The van der Waals surface area contributed by atoms with Gasteiger partial charge in [0.25, 0.3) is 11.8 Å². The van der Waals surface area contributed by atoms with Crippen molar-refractivity contribution in [3.63, 3.8) is 0 Å². The summed E-state index contributed by atoms with van der Waals surface area (Å²) in [5.74, 6) is 0.924. The molecule has 6 heteroatoms. The Morgan fingerprint density at radius 2 is 1.63 bits per heavy atom. The third kappa shape index (κ3) is 4.58. The molecule has 0 bridgehead atoms. The third-order valence-electron chi connectivity index (χ3n) is 4.55. The highest BCUT2D eigenvalue weighted by Gasteiger charge is 2.23. The summed E-state index contributed by atoms with van der Waals surface area (Å²) in [6.07, 6.45) is 1.33. The molecule has 3 rings (SSSR count). The van der Waals surface area contributed by atoms with Gasteiger partial charge < -0.3 is 19.7 Å². The molecular formula is C21H24N2O4. The fraction of sp³-hybridized carbons (Fsp3) is 0.333. The Morgan fingerprint density at radius 1 is 1.00 bits per heavy atom. The number of para-hydroxylation sites is 1. The van der Waals surface area contributed by atoms with Crippen LogP contribution < -0.4 is 14.8 Å². The molecule has 2 aromatic rings. The summed E-state index contributed by atoms with van der Waals surface area (Å²) in [7, 11) is 1.59. The van der Waals surface area contributed by atoms with E-state index in [4.69, 9.17) is 9.47 Å². The lowest BCUT2D eigenvalue weighted by Crippen LogP contribution is -2.32. The number of hydrogen-bond acceptors (Lipinski definition) is 4. The van der Waals surface area contributed by atoms with E-state index in [0.717, 1.165) is 25.9 Å². The summed E-state index contributed by atoms with van der Waals surface area (Å²) in [4.78, 5) is 27.1. The lowest BCUT2D eigenvalue weighted by atomic mass is 10.1. The van der Waals surface area contributed by atoms with E-state index in [9.17, 15) is 9.59 Å². The van der Waals surface area contributed by atoms with Gasteiger partial charge in [-0.25, -0.2) is 0 Å². The van der Waals surface area contributed by atoms with Crippen LogP contribution in [-0.4, -0.2) is 43.0 Å². The van der Waals surface area contributed by atoms with Crippen LogP contribution in [0.1, 0.15) is 30.1 Å². The molecule has 0 aliphatic carbocycles. The average molecular weight is 368 g/mol. The zero-order chi connectivity index (χ0) is 19.2. The van der Waals surface area contributed by atoms with Crippen LogP contribution in [0, 0.1) is 0 Å². The minimum absolute atomic E-state index is 0.0490. The van der Waals surface area contributed by atoms with Crippen LogP contribution in [0.5, 0.6) is 11.5 Å².